The molecule has 0 saturated carbocycles. The third-order valence-corrected chi connectivity index (χ3v) is 5.03. The number of nitrogens with zero attached hydrogens (tertiary/aromatic N) is 5. The summed E-state index contributed by atoms with van der Waals surface area (Å²) in [7, 11) is 1.90. The fourth-order valence-electron chi connectivity index (χ4n) is 3.59. The van der Waals surface area contributed by atoms with Gasteiger partial charge in [0.1, 0.15) is 17.8 Å². The molecule has 0 unspecified atom stereocenters. The van der Waals surface area contributed by atoms with Crippen LogP contribution in [0.1, 0.15) is 35.9 Å². The number of carbonyl (C=O) groups is 1. The van der Waals surface area contributed by atoms with Crippen molar-refractivity contribution in [3.8, 4) is 11.4 Å². The minimum Gasteiger partial charge on any atom is -0.361 e. The number of benzene rings is 1. The molecular formula is C19H22N6O2. The summed E-state index contributed by atoms with van der Waals surface area (Å²) in [5.41, 5.74) is 3.47. The zero-order valence-electron chi connectivity index (χ0n) is 15.6. The number of likely N-dealkylation sites (tertiary alicyclic amines) is 1. The van der Waals surface area contributed by atoms with E-state index < -0.39 is 0 Å². The summed E-state index contributed by atoms with van der Waals surface area (Å²) in [4.78, 5) is 14.8. The monoisotopic (exact) mass is 366 g/mol. The lowest BCUT2D eigenvalue weighted by atomic mass is 10.1. The van der Waals surface area contributed by atoms with Gasteiger partial charge in [-0.25, -0.2) is 4.79 Å². The molecule has 27 heavy (non-hydrogen) atoms. The summed E-state index contributed by atoms with van der Waals surface area (Å²) in [6.45, 7) is 4.53. The third kappa shape index (κ3) is 3.18. The molecule has 8 heteroatoms. The van der Waals surface area contributed by atoms with Crippen molar-refractivity contribution in [2.75, 3.05) is 11.9 Å². The number of aromatic nitrogens is 4. The average Bonchev–Trinajstić information content (AvgIpc) is 3.37. The Labute approximate surface area is 157 Å². The Kier molecular flexibility index (Phi) is 4.39. The molecule has 1 N–H and O–H groups in total. The molecule has 140 valence electrons. The predicted molar refractivity (Wildman–Crippen MR) is 100 cm³/mol. The molecule has 1 atom stereocenters. The Balaban J connectivity index is 1.57. The molecule has 8 nitrogen and oxygen atoms in total. The van der Waals surface area contributed by atoms with Gasteiger partial charge in [-0.3, -0.25) is 0 Å². The first-order valence-electron chi connectivity index (χ1n) is 8.99. The second kappa shape index (κ2) is 6.86. The molecule has 0 radical (unpaired) electrons. The number of carbonyl (C=O) groups excluding carboxylic acids is 1. The second-order valence-corrected chi connectivity index (χ2v) is 6.89. The molecule has 2 aromatic heterocycles. The predicted octanol–water partition coefficient (Wildman–Crippen LogP) is 3.46. The molecule has 4 rings (SSSR count). The highest BCUT2D eigenvalue weighted by molar-refractivity contribution is 5.91. The number of amides is 2. The van der Waals surface area contributed by atoms with Crippen LogP contribution < -0.4 is 5.32 Å². The summed E-state index contributed by atoms with van der Waals surface area (Å²) in [6.07, 6.45) is 3.49. The normalized spacial score (nSPS) is 16.7. The highest BCUT2D eigenvalue weighted by Crippen LogP contribution is 2.33. The van der Waals surface area contributed by atoms with E-state index in [0.717, 1.165) is 46.9 Å². The molecule has 0 aliphatic carbocycles. The summed E-state index contributed by atoms with van der Waals surface area (Å²) in [5.74, 6) is 1.52. The van der Waals surface area contributed by atoms with Crippen molar-refractivity contribution in [3.05, 3.63) is 47.6 Å². The van der Waals surface area contributed by atoms with E-state index in [9.17, 15) is 4.79 Å². The van der Waals surface area contributed by atoms with E-state index in [2.05, 4.69) is 20.7 Å². The van der Waals surface area contributed by atoms with E-state index in [-0.39, 0.29) is 12.1 Å². The molecule has 0 spiro atoms. The second-order valence-electron chi connectivity index (χ2n) is 6.89. The van der Waals surface area contributed by atoms with Crippen LogP contribution in [0.3, 0.4) is 0 Å². The summed E-state index contributed by atoms with van der Waals surface area (Å²) >= 11 is 0. The van der Waals surface area contributed by atoms with Gasteiger partial charge in [0.15, 0.2) is 5.82 Å². The van der Waals surface area contributed by atoms with E-state index in [1.165, 1.54) is 0 Å². The van der Waals surface area contributed by atoms with E-state index in [1.54, 1.807) is 6.33 Å². The first kappa shape index (κ1) is 17.3. The van der Waals surface area contributed by atoms with E-state index in [1.807, 2.05) is 54.6 Å². The van der Waals surface area contributed by atoms with Crippen LogP contribution in [-0.4, -0.2) is 37.4 Å². The molecule has 1 fully saturated rings. The van der Waals surface area contributed by atoms with Crippen LogP contribution >= 0.6 is 0 Å². The van der Waals surface area contributed by atoms with Crippen LogP contribution in [0, 0.1) is 13.8 Å². The number of nitrogens with one attached hydrogen (secondary N) is 1. The average molecular weight is 366 g/mol. The molecule has 2 amide bonds. The topological polar surface area (TPSA) is 89.1 Å². The molecule has 1 aromatic carbocycles. The van der Waals surface area contributed by atoms with Gasteiger partial charge in [0.25, 0.3) is 0 Å². The van der Waals surface area contributed by atoms with Gasteiger partial charge in [-0.15, -0.1) is 10.2 Å². The minimum absolute atomic E-state index is 0.0512. The van der Waals surface area contributed by atoms with Crippen LogP contribution in [0.15, 0.2) is 35.1 Å². The maximum Gasteiger partial charge on any atom is 0.322 e. The van der Waals surface area contributed by atoms with Crippen LogP contribution in [0.25, 0.3) is 11.4 Å². The van der Waals surface area contributed by atoms with Crippen molar-refractivity contribution < 1.29 is 9.32 Å². The zero-order valence-corrected chi connectivity index (χ0v) is 15.6. The molecule has 0 bridgehead atoms. The van der Waals surface area contributed by atoms with Crippen LogP contribution in [0.5, 0.6) is 0 Å². The zero-order chi connectivity index (χ0) is 19.0. The maximum absolute atomic E-state index is 12.9. The highest BCUT2D eigenvalue weighted by atomic mass is 16.5. The number of hydrogen-bond donors (Lipinski definition) is 1. The molecule has 3 heterocycles. The van der Waals surface area contributed by atoms with Gasteiger partial charge in [-0.2, -0.15) is 0 Å². The van der Waals surface area contributed by atoms with Gasteiger partial charge < -0.3 is 19.3 Å². The Morgan fingerprint density at radius 3 is 2.89 bits per heavy atom. The first-order valence-corrected chi connectivity index (χ1v) is 8.99. The van der Waals surface area contributed by atoms with Crippen molar-refractivity contribution in [3.63, 3.8) is 0 Å². The van der Waals surface area contributed by atoms with Crippen LogP contribution in [-0.2, 0) is 7.05 Å². The fraction of sp³-hybridized carbons (Fsp3) is 0.368. The lowest BCUT2D eigenvalue weighted by Crippen LogP contribution is -2.34. The minimum atomic E-state index is -0.128. The smallest absolute Gasteiger partial charge is 0.322 e. The standard InChI is InChI=1S/C19H22N6O2/c1-12-10-16(23-27-12)17-8-5-9-25(17)19(26)21-15-7-4-6-14(13(15)2)18-22-20-11-24(18)3/h4,6-7,10-11,17H,5,8-9H2,1-3H3,(H,21,26)/t17-/m1/s1. The van der Waals surface area contributed by atoms with Gasteiger partial charge >= 0.3 is 6.03 Å². The Hall–Kier alpha value is -3.16. The first-order chi connectivity index (χ1) is 13.0. The van der Waals surface area contributed by atoms with E-state index in [4.69, 9.17) is 4.52 Å². The van der Waals surface area contributed by atoms with Crippen LogP contribution in [0.4, 0.5) is 10.5 Å². The van der Waals surface area contributed by atoms with Crippen molar-refractivity contribution in [2.24, 2.45) is 7.05 Å². The van der Waals surface area contributed by atoms with Crippen molar-refractivity contribution >= 4 is 11.7 Å². The Bertz CT molecular complexity index is 976. The quantitative estimate of drug-likeness (QED) is 0.767. The number of urea groups is 1. The van der Waals surface area contributed by atoms with Crippen LogP contribution in [0.2, 0.25) is 0 Å². The fourth-order valence-corrected chi connectivity index (χ4v) is 3.59. The summed E-state index contributed by atoms with van der Waals surface area (Å²) < 4.78 is 7.05. The molecular weight excluding hydrogens is 344 g/mol. The number of aryl methyl sites for hydroxylation is 2. The van der Waals surface area contributed by atoms with Gasteiger partial charge in [-0.05, 0) is 38.3 Å². The SMILES string of the molecule is Cc1cc([C@H]2CCCN2C(=O)Nc2cccc(-c3nncn3C)c2C)no1. The van der Waals surface area contributed by atoms with E-state index in [0.29, 0.717) is 6.54 Å². The van der Waals surface area contributed by atoms with Gasteiger partial charge in [0.2, 0.25) is 0 Å². The van der Waals surface area contributed by atoms with E-state index >= 15 is 0 Å². The highest BCUT2D eigenvalue weighted by Gasteiger charge is 2.32. The van der Waals surface area contributed by atoms with Gasteiger partial charge in [0, 0.05) is 30.9 Å². The summed E-state index contributed by atoms with van der Waals surface area (Å²) in [6, 6.07) is 7.51. The third-order valence-electron chi connectivity index (χ3n) is 5.03. The summed E-state index contributed by atoms with van der Waals surface area (Å²) in [5, 5.41) is 15.3. The largest absolute Gasteiger partial charge is 0.361 e. The Morgan fingerprint density at radius 2 is 2.19 bits per heavy atom. The van der Waals surface area contributed by atoms with Gasteiger partial charge in [-0.1, -0.05) is 17.3 Å². The number of hydrogen-bond acceptors (Lipinski definition) is 5. The molecule has 1 saturated heterocycles. The molecule has 1 aliphatic heterocycles. The lowest BCUT2D eigenvalue weighted by Gasteiger charge is -2.24. The molecule has 3 aromatic rings. The maximum atomic E-state index is 12.9. The van der Waals surface area contributed by atoms with Gasteiger partial charge in [0.05, 0.1) is 6.04 Å². The van der Waals surface area contributed by atoms with Crippen molar-refractivity contribution in [1.29, 1.82) is 0 Å². The number of anilines is 1. The molecule has 1 aliphatic rings. The lowest BCUT2D eigenvalue weighted by molar-refractivity contribution is 0.204. The number of rotatable bonds is 3. The van der Waals surface area contributed by atoms with Crippen molar-refractivity contribution in [2.45, 2.75) is 32.7 Å². The Morgan fingerprint density at radius 1 is 1.33 bits per heavy atom. The van der Waals surface area contributed by atoms with Crippen molar-refractivity contribution in [1.82, 2.24) is 24.8 Å².